The van der Waals surface area contributed by atoms with E-state index in [4.69, 9.17) is 4.74 Å². The van der Waals surface area contributed by atoms with Gasteiger partial charge in [-0.1, -0.05) is 17.7 Å². The van der Waals surface area contributed by atoms with E-state index in [2.05, 4.69) is 10.2 Å². The third-order valence-corrected chi connectivity index (χ3v) is 5.02. The average Bonchev–Trinajstić information content (AvgIpc) is 2.62. The van der Waals surface area contributed by atoms with E-state index in [-0.39, 0.29) is 24.9 Å². The van der Waals surface area contributed by atoms with Crippen LogP contribution in [0.2, 0.25) is 0 Å². The van der Waals surface area contributed by atoms with Crippen molar-refractivity contribution >= 4 is 18.3 Å². The van der Waals surface area contributed by atoms with Crippen LogP contribution >= 0.6 is 12.4 Å². The minimum atomic E-state index is 0. The predicted octanol–water partition coefficient (Wildman–Crippen LogP) is 1.94. The highest BCUT2D eigenvalue weighted by atomic mass is 35.5. The monoisotopic (exact) mass is 367 g/mol. The normalized spacial score (nSPS) is 21.5. The van der Waals surface area contributed by atoms with Crippen molar-refractivity contribution in [3.05, 3.63) is 29.8 Å². The maximum atomic E-state index is 12.3. The summed E-state index contributed by atoms with van der Waals surface area (Å²) >= 11 is 0. The molecule has 0 radical (unpaired) electrons. The molecule has 25 heavy (non-hydrogen) atoms. The van der Waals surface area contributed by atoms with Crippen LogP contribution in [-0.4, -0.2) is 68.1 Å². The van der Waals surface area contributed by atoms with Gasteiger partial charge in [-0.2, -0.15) is 0 Å². The van der Waals surface area contributed by atoms with Crippen LogP contribution in [0.5, 0.6) is 5.75 Å². The summed E-state index contributed by atoms with van der Waals surface area (Å²) in [7, 11) is 0. The Morgan fingerprint density at radius 1 is 1.20 bits per heavy atom. The van der Waals surface area contributed by atoms with Gasteiger partial charge < -0.3 is 15.0 Å². The van der Waals surface area contributed by atoms with Crippen LogP contribution < -0.4 is 10.1 Å². The van der Waals surface area contributed by atoms with Gasteiger partial charge in [-0.25, -0.2) is 0 Å². The minimum Gasteiger partial charge on any atom is -0.484 e. The van der Waals surface area contributed by atoms with Crippen molar-refractivity contribution in [2.45, 2.75) is 19.8 Å². The number of carbonyl (C=O) groups is 1. The van der Waals surface area contributed by atoms with Crippen molar-refractivity contribution in [1.82, 2.24) is 15.1 Å². The molecule has 0 saturated carbocycles. The fraction of sp³-hybridized carbons (Fsp3) is 0.632. The van der Waals surface area contributed by atoms with Crippen molar-refractivity contribution in [1.29, 1.82) is 0 Å². The Kier molecular flexibility index (Phi) is 8.00. The average molecular weight is 368 g/mol. The van der Waals surface area contributed by atoms with E-state index >= 15 is 0 Å². The standard InChI is InChI=1S/C19H29N3O2.ClH/c1-16-4-6-18(7-5-16)24-15-19(23)22-11-9-21(10-12-22)14-17-3-2-8-20-13-17;/h4-7,17,20H,2-3,8-15H2,1H3;1H. The van der Waals surface area contributed by atoms with Crippen LogP contribution in [0.3, 0.4) is 0 Å². The van der Waals surface area contributed by atoms with Crippen molar-refractivity contribution in [2.24, 2.45) is 5.92 Å². The topological polar surface area (TPSA) is 44.8 Å². The van der Waals surface area contributed by atoms with Crippen LogP contribution in [0.1, 0.15) is 18.4 Å². The second-order valence-electron chi connectivity index (χ2n) is 7.00. The van der Waals surface area contributed by atoms with Crippen molar-refractivity contribution in [3.8, 4) is 5.75 Å². The molecule has 2 aliphatic rings. The van der Waals surface area contributed by atoms with Gasteiger partial charge in [-0.15, -0.1) is 12.4 Å². The minimum absolute atomic E-state index is 0. The van der Waals surface area contributed by atoms with Gasteiger partial charge in [0, 0.05) is 32.7 Å². The number of amides is 1. The molecule has 5 nitrogen and oxygen atoms in total. The highest BCUT2D eigenvalue weighted by Gasteiger charge is 2.24. The Labute approximate surface area is 157 Å². The highest BCUT2D eigenvalue weighted by molar-refractivity contribution is 5.85. The van der Waals surface area contributed by atoms with E-state index in [1.54, 1.807) is 0 Å². The third kappa shape index (κ3) is 6.17. The summed E-state index contributed by atoms with van der Waals surface area (Å²) < 4.78 is 5.61. The number of halogens is 1. The van der Waals surface area contributed by atoms with Crippen LogP contribution in [-0.2, 0) is 4.79 Å². The molecule has 1 aromatic rings. The quantitative estimate of drug-likeness (QED) is 0.863. The molecule has 1 amide bonds. The van der Waals surface area contributed by atoms with E-state index in [9.17, 15) is 4.79 Å². The number of ether oxygens (including phenoxy) is 1. The molecule has 140 valence electrons. The molecular formula is C19H30ClN3O2. The van der Waals surface area contributed by atoms with Crippen LogP contribution in [0, 0.1) is 12.8 Å². The zero-order chi connectivity index (χ0) is 16.8. The molecule has 2 saturated heterocycles. The fourth-order valence-corrected chi connectivity index (χ4v) is 3.50. The lowest BCUT2D eigenvalue weighted by molar-refractivity contribution is -0.135. The summed E-state index contributed by atoms with van der Waals surface area (Å²) in [6.07, 6.45) is 2.62. The summed E-state index contributed by atoms with van der Waals surface area (Å²) in [5.74, 6) is 1.62. The van der Waals surface area contributed by atoms with Gasteiger partial charge in [0.1, 0.15) is 5.75 Å². The number of rotatable bonds is 5. The number of nitrogens with one attached hydrogen (secondary N) is 1. The molecule has 1 aromatic carbocycles. The Bertz CT molecular complexity index is 524. The second-order valence-corrected chi connectivity index (χ2v) is 7.00. The molecule has 1 unspecified atom stereocenters. The molecule has 0 aromatic heterocycles. The number of nitrogens with zero attached hydrogens (tertiary/aromatic N) is 2. The van der Waals surface area contributed by atoms with Gasteiger partial charge in [0.15, 0.2) is 6.61 Å². The first kappa shape index (κ1) is 20.0. The Morgan fingerprint density at radius 3 is 2.56 bits per heavy atom. The smallest absolute Gasteiger partial charge is 0.260 e. The van der Waals surface area contributed by atoms with Crippen molar-refractivity contribution < 1.29 is 9.53 Å². The van der Waals surface area contributed by atoms with E-state index < -0.39 is 0 Å². The first-order valence-electron chi connectivity index (χ1n) is 9.11. The number of aryl methyl sites for hydroxylation is 1. The van der Waals surface area contributed by atoms with Crippen LogP contribution in [0.4, 0.5) is 0 Å². The Morgan fingerprint density at radius 2 is 1.92 bits per heavy atom. The summed E-state index contributed by atoms with van der Waals surface area (Å²) in [4.78, 5) is 16.7. The summed E-state index contributed by atoms with van der Waals surface area (Å²) in [5.41, 5.74) is 1.19. The highest BCUT2D eigenvalue weighted by Crippen LogP contribution is 2.14. The Balaban J connectivity index is 0.00000225. The lowest BCUT2D eigenvalue weighted by Crippen LogP contribution is -2.51. The van der Waals surface area contributed by atoms with Crippen LogP contribution in [0.25, 0.3) is 0 Å². The molecule has 2 fully saturated rings. The first-order valence-corrected chi connectivity index (χ1v) is 9.11. The largest absolute Gasteiger partial charge is 0.484 e. The van der Waals surface area contributed by atoms with Gasteiger partial charge in [0.2, 0.25) is 0 Å². The van der Waals surface area contributed by atoms with Gasteiger partial charge in [0.25, 0.3) is 5.91 Å². The number of hydrogen-bond acceptors (Lipinski definition) is 4. The second kappa shape index (κ2) is 10.00. The molecule has 1 N–H and O–H groups in total. The molecule has 3 rings (SSSR count). The number of carbonyl (C=O) groups excluding carboxylic acids is 1. The van der Waals surface area contributed by atoms with E-state index in [1.165, 1.54) is 24.9 Å². The maximum Gasteiger partial charge on any atom is 0.260 e. The number of piperazine rings is 1. The Hall–Kier alpha value is -1.30. The van der Waals surface area contributed by atoms with Gasteiger partial charge in [0.05, 0.1) is 0 Å². The molecular weight excluding hydrogens is 338 g/mol. The molecule has 2 aliphatic heterocycles. The SMILES string of the molecule is Cc1ccc(OCC(=O)N2CCN(CC3CCCNC3)CC2)cc1.Cl. The molecule has 1 atom stereocenters. The van der Waals surface area contributed by atoms with E-state index in [0.29, 0.717) is 0 Å². The van der Waals surface area contributed by atoms with Gasteiger partial charge >= 0.3 is 0 Å². The summed E-state index contributed by atoms with van der Waals surface area (Å²) in [6, 6.07) is 7.83. The van der Waals surface area contributed by atoms with Crippen LogP contribution in [0.15, 0.2) is 24.3 Å². The molecule has 0 spiro atoms. The number of benzene rings is 1. The zero-order valence-corrected chi connectivity index (χ0v) is 15.9. The molecule has 0 bridgehead atoms. The van der Waals surface area contributed by atoms with Gasteiger partial charge in [-0.3, -0.25) is 9.69 Å². The molecule has 0 aliphatic carbocycles. The van der Waals surface area contributed by atoms with Gasteiger partial charge in [-0.05, 0) is 50.9 Å². The van der Waals surface area contributed by atoms with Crippen molar-refractivity contribution in [2.75, 3.05) is 52.4 Å². The summed E-state index contributed by atoms with van der Waals surface area (Å²) in [5, 5.41) is 3.48. The number of piperidine rings is 1. The lowest BCUT2D eigenvalue weighted by Gasteiger charge is -2.37. The lowest BCUT2D eigenvalue weighted by atomic mass is 9.99. The van der Waals surface area contributed by atoms with E-state index in [0.717, 1.165) is 50.9 Å². The van der Waals surface area contributed by atoms with E-state index in [1.807, 2.05) is 36.1 Å². The third-order valence-electron chi connectivity index (χ3n) is 5.02. The first-order chi connectivity index (χ1) is 11.7. The molecule has 2 heterocycles. The predicted molar refractivity (Wildman–Crippen MR) is 103 cm³/mol. The zero-order valence-electron chi connectivity index (χ0n) is 15.1. The van der Waals surface area contributed by atoms with Crippen molar-refractivity contribution in [3.63, 3.8) is 0 Å². The summed E-state index contributed by atoms with van der Waals surface area (Å²) in [6.45, 7) is 9.23. The number of hydrogen-bond donors (Lipinski definition) is 1. The fourth-order valence-electron chi connectivity index (χ4n) is 3.50. The maximum absolute atomic E-state index is 12.3. The molecule has 6 heteroatoms.